The Kier molecular flexibility index (Phi) is 54.1. The van der Waals surface area contributed by atoms with Crippen LogP contribution in [-0.2, 0) is 61.6 Å². The molecule has 0 aromatic carbocycles. The summed E-state index contributed by atoms with van der Waals surface area (Å²) in [5.74, 6) is -0.141. The van der Waals surface area contributed by atoms with Crippen LogP contribution in [0.2, 0.25) is 0 Å². The monoisotopic (exact) mass is 853 g/mol. The van der Waals surface area contributed by atoms with Crippen molar-refractivity contribution >= 4 is 5.97 Å². The highest BCUT2D eigenvalue weighted by molar-refractivity contribution is 5.69. The Balaban J connectivity index is 3.09. The van der Waals surface area contributed by atoms with Crippen LogP contribution in [0.3, 0.4) is 0 Å². The number of ether oxygens (including phenoxy) is 12. The van der Waals surface area contributed by atoms with Gasteiger partial charge >= 0.3 is 5.97 Å². The van der Waals surface area contributed by atoms with Crippen molar-refractivity contribution in [1.29, 1.82) is 0 Å². The molecule has 13 nitrogen and oxygen atoms in total. The molecule has 0 radical (unpaired) electrons. The van der Waals surface area contributed by atoms with Crippen LogP contribution in [0.5, 0.6) is 0 Å². The van der Waals surface area contributed by atoms with Crippen molar-refractivity contribution in [3.8, 4) is 0 Å². The third-order valence-electron chi connectivity index (χ3n) is 9.34. The smallest absolute Gasteiger partial charge is 0.305 e. The summed E-state index contributed by atoms with van der Waals surface area (Å²) in [4.78, 5) is 11.7. The van der Waals surface area contributed by atoms with Crippen LogP contribution in [0.15, 0.2) is 0 Å². The summed E-state index contributed by atoms with van der Waals surface area (Å²) in [7, 11) is 0. The molecule has 354 valence electrons. The number of rotatable bonds is 54. The second-order valence-corrected chi connectivity index (χ2v) is 14.7. The Morgan fingerprint density at radius 3 is 0.712 bits per heavy atom. The average Bonchev–Trinajstić information content (AvgIpc) is 3.24. The minimum Gasteiger partial charge on any atom is -0.463 e. The Bertz CT molecular complexity index is 764. The molecule has 0 unspecified atom stereocenters. The second-order valence-electron chi connectivity index (χ2n) is 14.7. The lowest BCUT2D eigenvalue weighted by Gasteiger charge is -2.09. The van der Waals surface area contributed by atoms with Gasteiger partial charge in [0.1, 0.15) is 6.61 Å². The van der Waals surface area contributed by atoms with Crippen molar-refractivity contribution in [2.75, 3.05) is 152 Å². The standard InChI is InChI=1S/C46H92O13/c1-3-5-7-9-11-12-13-14-15-16-17-19-21-23-48-24-25-49-26-27-50-28-29-51-30-31-52-32-33-53-34-35-54-36-37-55-38-39-56-40-41-57-42-43-58-44-45-59-46(47)22-20-18-10-8-6-4-2/h3-45H2,1-2H3. The van der Waals surface area contributed by atoms with E-state index in [1.54, 1.807) is 0 Å². The van der Waals surface area contributed by atoms with Crippen LogP contribution < -0.4 is 0 Å². The molecule has 0 bridgehead atoms. The van der Waals surface area contributed by atoms with Crippen molar-refractivity contribution < 1.29 is 61.6 Å². The van der Waals surface area contributed by atoms with Crippen LogP contribution in [0.25, 0.3) is 0 Å². The Morgan fingerprint density at radius 1 is 0.237 bits per heavy atom. The quantitative estimate of drug-likeness (QED) is 0.0429. The highest BCUT2D eigenvalue weighted by atomic mass is 16.6. The summed E-state index contributed by atoms with van der Waals surface area (Å²) in [6.07, 6.45) is 25.2. The van der Waals surface area contributed by atoms with E-state index in [0.29, 0.717) is 145 Å². The van der Waals surface area contributed by atoms with Crippen LogP contribution in [0, 0.1) is 0 Å². The first-order chi connectivity index (χ1) is 29.3. The van der Waals surface area contributed by atoms with Gasteiger partial charge in [0.25, 0.3) is 0 Å². The van der Waals surface area contributed by atoms with Crippen LogP contribution in [0.1, 0.15) is 142 Å². The van der Waals surface area contributed by atoms with Gasteiger partial charge in [-0.1, -0.05) is 123 Å². The highest BCUT2D eigenvalue weighted by Crippen LogP contribution is 2.12. The summed E-state index contributed by atoms with van der Waals surface area (Å²) in [5, 5.41) is 0. The topological polar surface area (TPSA) is 128 Å². The molecule has 13 heteroatoms. The van der Waals surface area contributed by atoms with Gasteiger partial charge in [-0.15, -0.1) is 0 Å². The van der Waals surface area contributed by atoms with E-state index >= 15 is 0 Å². The number of carbonyl (C=O) groups is 1. The van der Waals surface area contributed by atoms with E-state index in [1.807, 2.05) is 0 Å². The van der Waals surface area contributed by atoms with Crippen molar-refractivity contribution in [1.82, 2.24) is 0 Å². The van der Waals surface area contributed by atoms with Gasteiger partial charge in [-0.05, 0) is 12.8 Å². The largest absolute Gasteiger partial charge is 0.463 e. The van der Waals surface area contributed by atoms with Crippen LogP contribution in [-0.4, -0.2) is 158 Å². The molecular weight excluding hydrogens is 760 g/mol. The Labute approximate surface area is 361 Å². The van der Waals surface area contributed by atoms with Gasteiger partial charge in [0.2, 0.25) is 0 Å². The van der Waals surface area contributed by atoms with Crippen molar-refractivity contribution in [3.63, 3.8) is 0 Å². The summed E-state index contributed by atoms with van der Waals surface area (Å²) >= 11 is 0. The van der Waals surface area contributed by atoms with Crippen molar-refractivity contribution in [2.45, 2.75) is 142 Å². The molecule has 0 aromatic rings. The fourth-order valence-corrected chi connectivity index (χ4v) is 5.86. The number of carbonyl (C=O) groups excluding carboxylic acids is 1. The van der Waals surface area contributed by atoms with Gasteiger partial charge in [0, 0.05) is 13.0 Å². The number of unbranched alkanes of at least 4 members (excludes halogenated alkanes) is 17. The first kappa shape index (κ1) is 58.0. The van der Waals surface area contributed by atoms with E-state index in [0.717, 1.165) is 25.9 Å². The first-order valence-corrected chi connectivity index (χ1v) is 23.8. The third kappa shape index (κ3) is 55.0. The van der Waals surface area contributed by atoms with E-state index in [9.17, 15) is 4.79 Å². The van der Waals surface area contributed by atoms with Crippen molar-refractivity contribution in [3.05, 3.63) is 0 Å². The second kappa shape index (κ2) is 55.0. The number of esters is 1. The fourth-order valence-electron chi connectivity index (χ4n) is 5.86. The molecule has 0 atom stereocenters. The molecule has 0 heterocycles. The van der Waals surface area contributed by atoms with E-state index in [1.165, 1.54) is 103 Å². The molecular formula is C46H92O13. The molecule has 0 aliphatic carbocycles. The van der Waals surface area contributed by atoms with Gasteiger partial charge < -0.3 is 56.8 Å². The lowest BCUT2D eigenvalue weighted by molar-refractivity contribution is -0.145. The molecule has 0 aliphatic rings. The summed E-state index contributed by atoms with van der Waals surface area (Å²) in [6, 6.07) is 0. The maximum atomic E-state index is 11.7. The molecule has 0 N–H and O–H groups in total. The summed E-state index contributed by atoms with van der Waals surface area (Å²) in [6.45, 7) is 16.4. The third-order valence-corrected chi connectivity index (χ3v) is 9.34. The van der Waals surface area contributed by atoms with Gasteiger partial charge in [0.15, 0.2) is 0 Å². The van der Waals surface area contributed by atoms with Crippen molar-refractivity contribution in [2.24, 2.45) is 0 Å². The molecule has 0 aliphatic heterocycles. The number of hydrogen-bond acceptors (Lipinski definition) is 13. The highest BCUT2D eigenvalue weighted by Gasteiger charge is 2.03. The summed E-state index contributed by atoms with van der Waals surface area (Å²) in [5.41, 5.74) is 0. The van der Waals surface area contributed by atoms with E-state index in [4.69, 9.17) is 56.8 Å². The predicted molar refractivity (Wildman–Crippen MR) is 234 cm³/mol. The van der Waals surface area contributed by atoms with E-state index in [-0.39, 0.29) is 12.6 Å². The minimum absolute atomic E-state index is 0.141. The molecule has 0 rings (SSSR count). The van der Waals surface area contributed by atoms with E-state index in [2.05, 4.69) is 13.8 Å². The average molecular weight is 853 g/mol. The number of hydrogen-bond donors (Lipinski definition) is 0. The lowest BCUT2D eigenvalue weighted by Crippen LogP contribution is -2.15. The molecule has 0 spiro atoms. The zero-order valence-electron chi connectivity index (χ0n) is 38.2. The molecule has 0 saturated heterocycles. The lowest BCUT2D eigenvalue weighted by atomic mass is 10.0. The fraction of sp³-hybridized carbons (Fsp3) is 0.978. The molecule has 0 saturated carbocycles. The molecule has 0 fully saturated rings. The van der Waals surface area contributed by atoms with Gasteiger partial charge in [-0.3, -0.25) is 4.79 Å². The molecule has 59 heavy (non-hydrogen) atoms. The van der Waals surface area contributed by atoms with Gasteiger partial charge in [-0.2, -0.15) is 0 Å². The maximum Gasteiger partial charge on any atom is 0.305 e. The molecule has 0 amide bonds. The molecule has 0 aromatic heterocycles. The zero-order valence-corrected chi connectivity index (χ0v) is 38.2. The van der Waals surface area contributed by atoms with Crippen LogP contribution >= 0.6 is 0 Å². The minimum atomic E-state index is -0.141. The van der Waals surface area contributed by atoms with Gasteiger partial charge in [0.05, 0.1) is 139 Å². The first-order valence-electron chi connectivity index (χ1n) is 23.8. The van der Waals surface area contributed by atoms with Gasteiger partial charge in [-0.25, -0.2) is 0 Å². The normalized spacial score (nSPS) is 11.6. The predicted octanol–water partition coefficient (Wildman–Crippen LogP) is 8.55. The Morgan fingerprint density at radius 2 is 0.441 bits per heavy atom. The maximum absolute atomic E-state index is 11.7. The zero-order chi connectivity index (χ0) is 42.5. The van der Waals surface area contributed by atoms with E-state index < -0.39 is 0 Å². The summed E-state index contributed by atoms with van der Waals surface area (Å²) < 4.78 is 66.0. The van der Waals surface area contributed by atoms with Crippen LogP contribution in [0.4, 0.5) is 0 Å². The Hall–Kier alpha value is -0.970. The SMILES string of the molecule is CCCCCCCCCCCCCCCOCCOCCOCCOCCOCCOCCOCCOCCOCCOCCOCCOC(=O)CCCCCCCC.